The molecule has 0 fully saturated rings. The summed E-state index contributed by atoms with van der Waals surface area (Å²) in [6.45, 7) is 2.38. The molecular formula is C14H14N2O2. The Balaban J connectivity index is 1.88. The molecule has 0 radical (unpaired) electrons. The summed E-state index contributed by atoms with van der Waals surface area (Å²) in [4.78, 5) is 15.5. The molecule has 0 aliphatic carbocycles. The van der Waals surface area contributed by atoms with Gasteiger partial charge in [-0.1, -0.05) is 18.2 Å². The highest BCUT2D eigenvalue weighted by Crippen LogP contribution is 2.09. The minimum atomic E-state index is -0.461. The second-order valence-corrected chi connectivity index (χ2v) is 3.86. The molecule has 4 heteroatoms. The third kappa shape index (κ3) is 3.31. The maximum absolute atomic E-state index is 11.5. The highest BCUT2D eigenvalue weighted by molar-refractivity contribution is 5.70. The van der Waals surface area contributed by atoms with Gasteiger partial charge in [0.05, 0.1) is 0 Å². The molecule has 0 atom stereocenters. The van der Waals surface area contributed by atoms with Crippen LogP contribution >= 0.6 is 0 Å². The zero-order valence-electron chi connectivity index (χ0n) is 10.1. The fourth-order valence-corrected chi connectivity index (χ4v) is 1.50. The van der Waals surface area contributed by atoms with Crippen molar-refractivity contribution in [3.05, 3.63) is 59.9 Å². The molecule has 0 saturated carbocycles. The van der Waals surface area contributed by atoms with E-state index < -0.39 is 6.09 Å². The highest BCUT2D eigenvalue weighted by atomic mass is 16.5. The van der Waals surface area contributed by atoms with Gasteiger partial charge in [-0.2, -0.15) is 0 Å². The Morgan fingerprint density at radius 2 is 2.06 bits per heavy atom. The molecule has 0 bridgehead atoms. The topological polar surface area (TPSA) is 51.2 Å². The molecule has 0 aliphatic rings. The standard InChI is InChI=1S/C14H14N2O2/c1-11-9-15-8-7-12(11)10-16-14(17)18-13-5-3-2-4-6-13/h2-9H,10H2,1H3,(H,16,17). The summed E-state index contributed by atoms with van der Waals surface area (Å²) >= 11 is 0. The molecule has 0 saturated heterocycles. The van der Waals surface area contributed by atoms with E-state index in [0.29, 0.717) is 12.3 Å². The molecule has 1 aromatic heterocycles. The van der Waals surface area contributed by atoms with Crippen LogP contribution in [0.1, 0.15) is 11.1 Å². The van der Waals surface area contributed by atoms with Crippen molar-refractivity contribution in [1.29, 1.82) is 0 Å². The molecule has 2 rings (SSSR count). The third-order valence-electron chi connectivity index (χ3n) is 2.51. The number of rotatable bonds is 3. The first-order valence-corrected chi connectivity index (χ1v) is 5.66. The number of benzene rings is 1. The summed E-state index contributed by atoms with van der Waals surface area (Å²) in [5.41, 5.74) is 2.06. The zero-order valence-corrected chi connectivity index (χ0v) is 10.1. The molecule has 1 aromatic carbocycles. The molecule has 1 heterocycles. The van der Waals surface area contributed by atoms with E-state index in [4.69, 9.17) is 4.74 Å². The fourth-order valence-electron chi connectivity index (χ4n) is 1.50. The van der Waals surface area contributed by atoms with Crippen molar-refractivity contribution in [1.82, 2.24) is 10.3 Å². The first kappa shape index (κ1) is 12.1. The van der Waals surface area contributed by atoms with Crippen LogP contribution in [0.4, 0.5) is 4.79 Å². The molecule has 0 spiro atoms. The normalized spacial score (nSPS) is 9.83. The minimum Gasteiger partial charge on any atom is -0.410 e. The van der Waals surface area contributed by atoms with Crippen molar-refractivity contribution in [2.24, 2.45) is 0 Å². The quantitative estimate of drug-likeness (QED) is 0.900. The monoisotopic (exact) mass is 242 g/mol. The maximum atomic E-state index is 11.5. The second-order valence-electron chi connectivity index (χ2n) is 3.86. The summed E-state index contributed by atoms with van der Waals surface area (Å²) in [5, 5.41) is 2.70. The molecule has 0 unspecified atom stereocenters. The summed E-state index contributed by atoms with van der Waals surface area (Å²) < 4.78 is 5.11. The lowest BCUT2D eigenvalue weighted by Gasteiger charge is -2.08. The average Bonchev–Trinajstić information content (AvgIpc) is 2.39. The van der Waals surface area contributed by atoms with Gasteiger partial charge < -0.3 is 10.1 Å². The van der Waals surface area contributed by atoms with Crippen molar-refractivity contribution in [2.45, 2.75) is 13.5 Å². The van der Waals surface area contributed by atoms with Gasteiger partial charge in [-0.15, -0.1) is 0 Å². The smallest absolute Gasteiger partial charge is 0.410 e. The van der Waals surface area contributed by atoms with Crippen molar-refractivity contribution in [3.63, 3.8) is 0 Å². The van der Waals surface area contributed by atoms with Gasteiger partial charge in [0, 0.05) is 18.9 Å². The number of nitrogens with one attached hydrogen (secondary N) is 1. The van der Waals surface area contributed by atoms with E-state index in [1.165, 1.54) is 0 Å². The lowest BCUT2D eigenvalue weighted by atomic mass is 10.2. The van der Waals surface area contributed by atoms with Crippen LogP contribution in [0.25, 0.3) is 0 Å². The maximum Gasteiger partial charge on any atom is 0.412 e. The Labute approximate surface area is 106 Å². The van der Waals surface area contributed by atoms with Crippen molar-refractivity contribution in [2.75, 3.05) is 0 Å². The van der Waals surface area contributed by atoms with Crippen LogP contribution in [0.15, 0.2) is 48.8 Å². The second kappa shape index (κ2) is 5.82. The largest absolute Gasteiger partial charge is 0.412 e. The number of ether oxygens (including phenoxy) is 1. The molecule has 0 aliphatic heterocycles. The Bertz CT molecular complexity index is 526. The molecule has 2 aromatic rings. The number of carbonyl (C=O) groups excluding carboxylic acids is 1. The Morgan fingerprint density at radius 3 is 2.78 bits per heavy atom. The number of aryl methyl sites for hydroxylation is 1. The minimum absolute atomic E-state index is 0.431. The van der Waals surface area contributed by atoms with Crippen molar-refractivity contribution < 1.29 is 9.53 Å². The number of amides is 1. The molecular weight excluding hydrogens is 228 g/mol. The van der Waals surface area contributed by atoms with Crippen LogP contribution < -0.4 is 10.1 Å². The number of pyridine rings is 1. The van der Waals surface area contributed by atoms with Gasteiger partial charge >= 0.3 is 6.09 Å². The Kier molecular flexibility index (Phi) is 3.91. The van der Waals surface area contributed by atoms with Gasteiger partial charge in [0.1, 0.15) is 5.75 Å². The lowest BCUT2D eigenvalue weighted by molar-refractivity contribution is 0.200. The van der Waals surface area contributed by atoms with Crippen LogP contribution in [-0.2, 0) is 6.54 Å². The van der Waals surface area contributed by atoms with E-state index in [-0.39, 0.29) is 0 Å². The van der Waals surface area contributed by atoms with Gasteiger partial charge in [0.2, 0.25) is 0 Å². The van der Waals surface area contributed by atoms with Crippen LogP contribution in [0, 0.1) is 6.92 Å². The van der Waals surface area contributed by atoms with Gasteiger partial charge in [-0.05, 0) is 36.2 Å². The number of aromatic nitrogens is 1. The number of hydrogen-bond acceptors (Lipinski definition) is 3. The number of para-hydroxylation sites is 1. The summed E-state index contributed by atoms with van der Waals surface area (Å²) in [6, 6.07) is 10.8. The Morgan fingerprint density at radius 1 is 1.28 bits per heavy atom. The predicted octanol–water partition coefficient (Wildman–Crippen LogP) is 2.68. The van der Waals surface area contributed by atoms with Gasteiger partial charge in [-0.25, -0.2) is 4.79 Å². The first-order valence-electron chi connectivity index (χ1n) is 5.66. The van der Waals surface area contributed by atoms with E-state index >= 15 is 0 Å². The number of nitrogens with zero attached hydrogens (tertiary/aromatic N) is 1. The third-order valence-corrected chi connectivity index (χ3v) is 2.51. The van der Waals surface area contributed by atoms with E-state index in [2.05, 4.69) is 10.3 Å². The van der Waals surface area contributed by atoms with Gasteiger partial charge in [0.25, 0.3) is 0 Å². The van der Waals surface area contributed by atoms with Gasteiger partial charge in [0.15, 0.2) is 0 Å². The summed E-state index contributed by atoms with van der Waals surface area (Å²) in [5.74, 6) is 0.529. The SMILES string of the molecule is Cc1cnccc1CNC(=O)Oc1ccccc1. The summed E-state index contributed by atoms with van der Waals surface area (Å²) in [6.07, 6.45) is 3.00. The van der Waals surface area contributed by atoms with E-state index in [1.54, 1.807) is 24.5 Å². The predicted molar refractivity (Wildman–Crippen MR) is 68.3 cm³/mol. The van der Waals surface area contributed by atoms with Crippen LogP contribution in [-0.4, -0.2) is 11.1 Å². The zero-order chi connectivity index (χ0) is 12.8. The molecule has 92 valence electrons. The van der Waals surface area contributed by atoms with Gasteiger partial charge in [-0.3, -0.25) is 4.98 Å². The van der Waals surface area contributed by atoms with E-state index in [9.17, 15) is 4.79 Å². The molecule has 1 N–H and O–H groups in total. The first-order chi connectivity index (χ1) is 8.75. The van der Waals surface area contributed by atoms with Crippen molar-refractivity contribution in [3.8, 4) is 5.75 Å². The van der Waals surface area contributed by atoms with Crippen LogP contribution in [0.5, 0.6) is 5.75 Å². The molecule has 4 nitrogen and oxygen atoms in total. The Hall–Kier alpha value is -2.36. The van der Waals surface area contributed by atoms with Crippen molar-refractivity contribution >= 4 is 6.09 Å². The average molecular weight is 242 g/mol. The summed E-state index contributed by atoms with van der Waals surface area (Å²) in [7, 11) is 0. The fraction of sp³-hybridized carbons (Fsp3) is 0.143. The van der Waals surface area contributed by atoms with E-state index in [0.717, 1.165) is 11.1 Å². The van der Waals surface area contributed by atoms with Crippen LogP contribution in [0.2, 0.25) is 0 Å². The van der Waals surface area contributed by atoms with Crippen LogP contribution in [0.3, 0.4) is 0 Å². The number of carbonyl (C=O) groups is 1. The highest BCUT2D eigenvalue weighted by Gasteiger charge is 2.04. The lowest BCUT2D eigenvalue weighted by Crippen LogP contribution is -2.26. The van der Waals surface area contributed by atoms with E-state index in [1.807, 2.05) is 31.2 Å². The number of hydrogen-bond donors (Lipinski definition) is 1. The molecule has 18 heavy (non-hydrogen) atoms. The molecule has 1 amide bonds.